The Morgan fingerprint density at radius 1 is 1.06 bits per heavy atom. The topological polar surface area (TPSA) is 114 Å². The molecule has 3 N–H and O–H groups in total. The molecular weight excluding hydrogens is 412 g/mol. The molecule has 0 radical (unpaired) electrons. The van der Waals surface area contributed by atoms with E-state index in [4.69, 9.17) is 9.47 Å². The number of nitrogens with one attached hydrogen (secondary N) is 2. The summed E-state index contributed by atoms with van der Waals surface area (Å²) in [4.78, 5) is 37.2. The number of rotatable bonds is 11. The third kappa shape index (κ3) is 11.7. The smallest absolute Gasteiger partial charge is 0.407 e. The molecule has 0 heterocycles. The Kier molecular flexibility index (Phi) is 12.0. The number of aliphatic hydroxyl groups is 1. The molecule has 1 fully saturated rings. The number of carbonyl (C=O) groups is 3. The molecule has 1 aliphatic rings. The molecule has 32 heavy (non-hydrogen) atoms. The summed E-state index contributed by atoms with van der Waals surface area (Å²) in [6.07, 6.45) is 4.68. The van der Waals surface area contributed by atoms with Crippen LogP contribution in [0.4, 0.5) is 4.79 Å². The fourth-order valence-corrected chi connectivity index (χ4v) is 4.07. The van der Waals surface area contributed by atoms with E-state index in [9.17, 15) is 19.5 Å². The van der Waals surface area contributed by atoms with E-state index in [-0.39, 0.29) is 18.9 Å². The van der Waals surface area contributed by atoms with E-state index >= 15 is 0 Å². The fourth-order valence-electron chi connectivity index (χ4n) is 4.07. The molecule has 1 rings (SSSR count). The van der Waals surface area contributed by atoms with Crippen LogP contribution in [0.1, 0.15) is 92.9 Å². The van der Waals surface area contributed by atoms with Gasteiger partial charge in [-0.25, -0.2) is 9.59 Å². The van der Waals surface area contributed by atoms with Crippen LogP contribution in [-0.2, 0) is 19.1 Å². The van der Waals surface area contributed by atoms with Gasteiger partial charge >= 0.3 is 12.1 Å². The zero-order valence-corrected chi connectivity index (χ0v) is 20.7. The number of esters is 1. The molecule has 8 nitrogen and oxygen atoms in total. The maximum atomic E-state index is 12.6. The first-order valence-electron chi connectivity index (χ1n) is 12.0. The summed E-state index contributed by atoms with van der Waals surface area (Å²) in [6.45, 7) is 11.2. The van der Waals surface area contributed by atoms with Gasteiger partial charge in [-0.1, -0.05) is 46.0 Å². The second kappa shape index (κ2) is 13.7. The third-order valence-electron chi connectivity index (χ3n) is 5.49. The number of hydrogen-bond acceptors (Lipinski definition) is 6. The highest BCUT2D eigenvalue weighted by Crippen LogP contribution is 2.28. The predicted octanol–water partition coefficient (Wildman–Crippen LogP) is 3.70. The van der Waals surface area contributed by atoms with E-state index in [2.05, 4.69) is 10.6 Å². The average molecular weight is 457 g/mol. The van der Waals surface area contributed by atoms with Crippen LogP contribution >= 0.6 is 0 Å². The van der Waals surface area contributed by atoms with Gasteiger partial charge in [0.1, 0.15) is 11.6 Å². The Balaban J connectivity index is 2.80. The van der Waals surface area contributed by atoms with E-state index in [1.165, 1.54) is 6.42 Å². The lowest BCUT2D eigenvalue weighted by atomic mass is 9.83. The lowest BCUT2D eigenvalue weighted by Gasteiger charge is -2.31. The van der Waals surface area contributed by atoms with Crippen molar-refractivity contribution in [2.75, 3.05) is 6.61 Å². The SMILES string of the molecule is CCOC(=O)[C@H](CC(C)C)NC(=O)C[C@H](O)[C@H](CC1CCCCC1)NC(=O)OC(C)(C)C. The van der Waals surface area contributed by atoms with E-state index in [0.29, 0.717) is 18.8 Å². The minimum atomic E-state index is -1.09. The van der Waals surface area contributed by atoms with Crippen molar-refractivity contribution in [3.63, 3.8) is 0 Å². The average Bonchev–Trinajstić information content (AvgIpc) is 2.66. The van der Waals surface area contributed by atoms with Crippen molar-refractivity contribution in [3.05, 3.63) is 0 Å². The predicted molar refractivity (Wildman–Crippen MR) is 123 cm³/mol. The van der Waals surface area contributed by atoms with Crippen molar-refractivity contribution < 1.29 is 29.0 Å². The van der Waals surface area contributed by atoms with Crippen molar-refractivity contribution >= 4 is 18.0 Å². The fraction of sp³-hybridized carbons (Fsp3) is 0.875. The lowest BCUT2D eigenvalue weighted by molar-refractivity contribution is -0.148. The van der Waals surface area contributed by atoms with Gasteiger partial charge in [0.15, 0.2) is 0 Å². The van der Waals surface area contributed by atoms with Crippen LogP contribution in [-0.4, -0.2) is 53.5 Å². The van der Waals surface area contributed by atoms with E-state index in [1.807, 2.05) is 13.8 Å². The molecule has 3 atom stereocenters. The van der Waals surface area contributed by atoms with Crippen molar-refractivity contribution in [1.82, 2.24) is 10.6 Å². The zero-order valence-electron chi connectivity index (χ0n) is 20.7. The van der Waals surface area contributed by atoms with Gasteiger partial charge in [0.2, 0.25) is 5.91 Å². The summed E-state index contributed by atoms with van der Waals surface area (Å²) in [5.41, 5.74) is -0.661. The highest BCUT2D eigenvalue weighted by atomic mass is 16.6. The maximum Gasteiger partial charge on any atom is 0.407 e. The monoisotopic (exact) mass is 456 g/mol. The van der Waals surface area contributed by atoms with Gasteiger partial charge in [-0.2, -0.15) is 0 Å². The molecule has 0 bridgehead atoms. The van der Waals surface area contributed by atoms with Crippen LogP contribution in [0.3, 0.4) is 0 Å². The Bertz CT molecular complexity index is 596. The van der Waals surface area contributed by atoms with Gasteiger partial charge in [0.25, 0.3) is 0 Å². The summed E-state index contributed by atoms with van der Waals surface area (Å²) >= 11 is 0. The number of carbonyl (C=O) groups excluding carboxylic acids is 3. The first kappa shape index (κ1) is 28.2. The van der Waals surface area contributed by atoms with E-state index < -0.39 is 41.8 Å². The Morgan fingerprint density at radius 2 is 1.69 bits per heavy atom. The summed E-state index contributed by atoms with van der Waals surface area (Å²) in [5, 5.41) is 16.3. The van der Waals surface area contributed by atoms with Crippen LogP contribution < -0.4 is 10.6 Å². The molecule has 1 saturated carbocycles. The molecule has 0 spiro atoms. The minimum absolute atomic E-state index is 0.183. The van der Waals surface area contributed by atoms with Gasteiger partial charge in [-0.3, -0.25) is 4.79 Å². The quantitative estimate of drug-likeness (QED) is 0.409. The van der Waals surface area contributed by atoms with Gasteiger partial charge in [0, 0.05) is 0 Å². The number of amides is 2. The Morgan fingerprint density at radius 3 is 2.22 bits per heavy atom. The normalized spacial score (nSPS) is 17.9. The van der Waals surface area contributed by atoms with E-state index in [1.54, 1.807) is 27.7 Å². The van der Waals surface area contributed by atoms with Crippen molar-refractivity contribution in [3.8, 4) is 0 Å². The van der Waals surface area contributed by atoms with Gasteiger partial charge < -0.3 is 25.2 Å². The molecule has 8 heteroatoms. The molecule has 0 aliphatic heterocycles. The first-order valence-corrected chi connectivity index (χ1v) is 12.0. The number of hydrogen-bond donors (Lipinski definition) is 3. The number of alkyl carbamates (subject to hydrolysis) is 1. The van der Waals surface area contributed by atoms with E-state index in [0.717, 1.165) is 25.7 Å². The highest BCUT2D eigenvalue weighted by Gasteiger charge is 2.31. The lowest BCUT2D eigenvalue weighted by Crippen LogP contribution is -2.49. The van der Waals surface area contributed by atoms with Crippen LogP contribution in [0.2, 0.25) is 0 Å². The summed E-state index contributed by atoms with van der Waals surface area (Å²) in [5.74, 6) is -0.359. The number of ether oxygens (including phenoxy) is 2. The van der Waals surface area contributed by atoms with Gasteiger partial charge in [-0.05, 0) is 52.4 Å². The summed E-state index contributed by atoms with van der Waals surface area (Å²) < 4.78 is 10.4. The number of aliphatic hydroxyl groups excluding tert-OH is 1. The summed E-state index contributed by atoms with van der Waals surface area (Å²) in [6, 6.07) is -1.37. The van der Waals surface area contributed by atoms with Crippen LogP contribution in [0.15, 0.2) is 0 Å². The molecule has 2 amide bonds. The molecule has 1 aliphatic carbocycles. The van der Waals surface area contributed by atoms with Crippen LogP contribution in [0, 0.1) is 11.8 Å². The molecule has 0 unspecified atom stereocenters. The molecule has 0 saturated heterocycles. The van der Waals surface area contributed by atoms with Crippen molar-refractivity contribution in [2.45, 2.75) is 117 Å². The standard InChI is InChI=1S/C24H44N2O6/c1-7-31-22(29)19(13-16(2)3)25-21(28)15-20(27)18(14-17-11-9-8-10-12-17)26-23(30)32-24(4,5)6/h16-20,27H,7-15H2,1-6H3,(H,25,28)(H,26,30)/t18-,19-,20-/m0/s1. The second-order valence-corrected chi connectivity index (χ2v) is 10.3. The highest BCUT2D eigenvalue weighted by molar-refractivity contribution is 5.84. The third-order valence-corrected chi connectivity index (χ3v) is 5.49. The molecule has 0 aromatic rings. The van der Waals surface area contributed by atoms with Crippen LogP contribution in [0.25, 0.3) is 0 Å². The maximum absolute atomic E-state index is 12.6. The Labute approximate surface area is 193 Å². The second-order valence-electron chi connectivity index (χ2n) is 10.3. The van der Waals surface area contributed by atoms with Gasteiger partial charge in [-0.15, -0.1) is 0 Å². The molecular formula is C24H44N2O6. The first-order chi connectivity index (χ1) is 14.9. The molecule has 0 aromatic carbocycles. The van der Waals surface area contributed by atoms with Crippen LogP contribution in [0.5, 0.6) is 0 Å². The molecule has 0 aromatic heterocycles. The van der Waals surface area contributed by atoms with Crippen molar-refractivity contribution in [1.29, 1.82) is 0 Å². The Hall–Kier alpha value is -1.83. The molecule has 186 valence electrons. The minimum Gasteiger partial charge on any atom is -0.464 e. The largest absolute Gasteiger partial charge is 0.464 e. The van der Waals surface area contributed by atoms with Crippen molar-refractivity contribution in [2.24, 2.45) is 11.8 Å². The van der Waals surface area contributed by atoms with Gasteiger partial charge in [0.05, 0.1) is 25.2 Å². The zero-order chi connectivity index (χ0) is 24.3. The summed E-state index contributed by atoms with van der Waals surface area (Å²) in [7, 11) is 0.